The van der Waals surface area contributed by atoms with Crippen molar-refractivity contribution in [1.29, 1.82) is 0 Å². The van der Waals surface area contributed by atoms with Gasteiger partial charge >= 0.3 is 0 Å². The summed E-state index contributed by atoms with van der Waals surface area (Å²) in [5, 5.41) is 4.07. The Morgan fingerprint density at radius 3 is 2.76 bits per heavy atom. The normalized spacial score (nSPS) is 28.9. The van der Waals surface area contributed by atoms with Crippen LogP contribution in [0.25, 0.3) is 0 Å². The van der Waals surface area contributed by atoms with Crippen molar-refractivity contribution in [3.8, 4) is 0 Å². The minimum atomic E-state index is 0.130. The highest BCUT2D eigenvalue weighted by Gasteiger charge is 2.24. The SMILES string of the molecule is NC1C=CC(c2nc(N3CCCCC3)no2)C1. The van der Waals surface area contributed by atoms with Crippen LogP contribution >= 0.6 is 0 Å². The molecule has 0 radical (unpaired) electrons. The summed E-state index contributed by atoms with van der Waals surface area (Å²) in [7, 11) is 0. The molecule has 5 heteroatoms. The second-order valence-corrected chi connectivity index (χ2v) is 4.87. The Kier molecular flexibility index (Phi) is 2.84. The number of nitrogens with two attached hydrogens (primary N) is 1. The molecule has 0 aromatic carbocycles. The maximum Gasteiger partial charge on any atom is 0.266 e. The molecule has 1 fully saturated rings. The summed E-state index contributed by atoms with van der Waals surface area (Å²) in [6.45, 7) is 2.08. The van der Waals surface area contributed by atoms with Gasteiger partial charge in [0.25, 0.3) is 5.95 Å². The smallest absolute Gasteiger partial charge is 0.266 e. The van der Waals surface area contributed by atoms with Gasteiger partial charge in [-0.1, -0.05) is 12.2 Å². The van der Waals surface area contributed by atoms with Gasteiger partial charge in [0.05, 0.1) is 5.92 Å². The summed E-state index contributed by atoms with van der Waals surface area (Å²) >= 11 is 0. The lowest BCUT2D eigenvalue weighted by molar-refractivity contribution is 0.362. The van der Waals surface area contributed by atoms with Crippen molar-refractivity contribution < 1.29 is 4.52 Å². The second kappa shape index (κ2) is 4.49. The van der Waals surface area contributed by atoms with Gasteiger partial charge in [0.2, 0.25) is 5.89 Å². The van der Waals surface area contributed by atoms with Crippen LogP contribution < -0.4 is 10.6 Å². The van der Waals surface area contributed by atoms with E-state index in [1.807, 2.05) is 6.08 Å². The first-order chi connectivity index (χ1) is 8.33. The highest BCUT2D eigenvalue weighted by Crippen LogP contribution is 2.28. The molecule has 2 heterocycles. The van der Waals surface area contributed by atoms with Crippen molar-refractivity contribution in [1.82, 2.24) is 10.1 Å². The number of piperidine rings is 1. The van der Waals surface area contributed by atoms with Gasteiger partial charge in [0.1, 0.15) is 0 Å². The van der Waals surface area contributed by atoms with Gasteiger partial charge in [-0.15, -0.1) is 0 Å². The lowest BCUT2D eigenvalue weighted by atomic mass is 10.1. The molecular formula is C12H18N4O. The molecule has 2 unspecified atom stereocenters. The summed E-state index contributed by atoms with van der Waals surface area (Å²) in [6, 6.07) is 0.130. The van der Waals surface area contributed by atoms with Crippen molar-refractivity contribution in [2.45, 2.75) is 37.6 Å². The van der Waals surface area contributed by atoms with E-state index in [1.165, 1.54) is 19.3 Å². The lowest BCUT2D eigenvalue weighted by Gasteiger charge is -2.24. The Morgan fingerprint density at radius 1 is 1.24 bits per heavy atom. The van der Waals surface area contributed by atoms with Crippen molar-refractivity contribution in [3.63, 3.8) is 0 Å². The van der Waals surface area contributed by atoms with Crippen LogP contribution in [0.4, 0.5) is 5.95 Å². The third-order valence-electron chi connectivity index (χ3n) is 3.50. The zero-order valence-electron chi connectivity index (χ0n) is 9.88. The zero-order valence-corrected chi connectivity index (χ0v) is 9.88. The average Bonchev–Trinajstić information content (AvgIpc) is 2.98. The molecule has 1 aliphatic carbocycles. The largest absolute Gasteiger partial charge is 0.338 e. The minimum absolute atomic E-state index is 0.130. The molecule has 0 saturated carbocycles. The lowest BCUT2D eigenvalue weighted by Crippen LogP contribution is -2.30. The van der Waals surface area contributed by atoms with Gasteiger partial charge in [0, 0.05) is 19.1 Å². The number of nitrogens with zero attached hydrogens (tertiary/aromatic N) is 3. The van der Waals surface area contributed by atoms with Crippen LogP contribution in [0.2, 0.25) is 0 Å². The fraction of sp³-hybridized carbons (Fsp3) is 0.667. The predicted molar refractivity (Wildman–Crippen MR) is 64.8 cm³/mol. The Hall–Kier alpha value is -1.36. The predicted octanol–water partition coefficient (Wildman–Crippen LogP) is 1.43. The fourth-order valence-electron chi connectivity index (χ4n) is 2.51. The van der Waals surface area contributed by atoms with Gasteiger partial charge in [0.15, 0.2) is 0 Å². The van der Waals surface area contributed by atoms with Gasteiger partial charge < -0.3 is 15.2 Å². The highest BCUT2D eigenvalue weighted by molar-refractivity contribution is 5.29. The van der Waals surface area contributed by atoms with E-state index >= 15 is 0 Å². The third-order valence-corrected chi connectivity index (χ3v) is 3.50. The fourth-order valence-corrected chi connectivity index (χ4v) is 2.51. The van der Waals surface area contributed by atoms with Crippen LogP contribution in [-0.4, -0.2) is 29.3 Å². The topological polar surface area (TPSA) is 68.2 Å². The number of hydrogen-bond donors (Lipinski definition) is 1. The minimum Gasteiger partial charge on any atom is -0.338 e. The summed E-state index contributed by atoms with van der Waals surface area (Å²) in [4.78, 5) is 6.70. The average molecular weight is 234 g/mol. The molecule has 3 rings (SSSR count). The molecule has 1 aromatic rings. The van der Waals surface area contributed by atoms with Gasteiger partial charge in [-0.3, -0.25) is 0 Å². The van der Waals surface area contributed by atoms with E-state index in [1.54, 1.807) is 0 Å². The second-order valence-electron chi connectivity index (χ2n) is 4.87. The molecule has 0 spiro atoms. The summed E-state index contributed by atoms with van der Waals surface area (Å²) < 4.78 is 5.34. The van der Waals surface area contributed by atoms with Crippen molar-refractivity contribution in [2.24, 2.45) is 5.73 Å². The standard InChI is InChI=1S/C12H18N4O/c13-10-5-4-9(8-10)11-14-12(15-17-11)16-6-2-1-3-7-16/h4-5,9-10H,1-3,6-8,13H2. The monoisotopic (exact) mass is 234 g/mol. The number of anilines is 1. The molecule has 2 aliphatic rings. The molecule has 1 aliphatic heterocycles. The van der Waals surface area contributed by atoms with E-state index in [0.29, 0.717) is 5.89 Å². The van der Waals surface area contributed by atoms with E-state index in [2.05, 4.69) is 21.1 Å². The maximum absolute atomic E-state index is 5.83. The molecular weight excluding hydrogens is 216 g/mol. The van der Waals surface area contributed by atoms with E-state index in [-0.39, 0.29) is 12.0 Å². The van der Waals surface area contributed by atoms with Crippen LogP contribution in [0.3, 0.4) is 0 Å². The molecule has 5 nitrogen and oxygen atoms in total. The first kappa shape index (κ1) is 10.8. The molecule has 2 N–H and O–H groups in total. The maximum atomic E-state index is 5.83. The van der Waals surface area contributed by atoms with Gasteiger partial charge in [-0.2, -0.15) is 4.98 Å². The molecule has 2 atom stereocenters. The Bertz CT molecular complexity index is 408. The van der Waals surface area contributed by atoms with E-state index < -0.39 is 0 Å². The van der Waals surface area contributed by atoms with Crippen molar-refractivity contribution in [3.05, 3.63) is 18.0 Å². The number of aromatic nitrogens is 2. The van der Waals surface area contributed by atoms with Crippen LogP contribution in [0, 0.1) is 0 Å². The van der Waals surface area contributed by atoms with Crippen molar-refractivity contribution >= 4 is 5.95 Å². The molecule has 0 bridgehead atoms. The molecule has 17 heavy (non-hydrogen) atoms. The van der Waals surface area contributed by atoms with Crippen molar-refractivity contribution in [2.75, 3.05) is 18.0 Å². The van der Waals surface area contributed by atoms with E-state index in [0.717, 1.165) is 25.5 Å². The Balaban J connectivity index is 1.71. The zero-order chi connectivity index (χ0) is 11.7. The number of rotatable bonds is 2. The van der Waals surface area contributed by atoms with Crippen LogP contribution in [0.1, 0.15) is 37.5 Å². The van der Waals surface area contributed by atoms with E-state index in [9.17, 15) is 0 Å². The van der Waals surface area contributed by atoms with Crippen LogP contribution in [-0.2, 0) is 0 Å². The molecule has 0 amide bonds. The number of allylic oxidation sites excluding steroid dienone is 1. The van der Waals surface area contributed by atoms with Gasteiger partial charge in [-0.25, -0.2) is 0 Å². The Labute approximate surface area is 101 Å². The van der Waals surface area contributed by atoms with Crippen LogP contribution in [0.5, 0.6) is 0 Å². The summed E-state index contributed by atoms with van der Waals surface area (Å²) in [6.07, 6.45) is 8.70. The highest BCUT2D eigenvalue weighted by atomic mass is 16.5. The van der Waals surface area contributed by atoms with E-state index in [4.69, 9.17) is 10.3 Å². The third kappa shape index (κ3) is 2.20. The first-order valence-electron chi connectivity index (χ1n) is 6.35. The quantitative estimate of drug-likeness (QED) is 0.784. The number of hydrogen-bond acceptors (Lipinski definition) is 5. The summed E-state index contributed by atoms with van der Waals surface area (Å²) in [5.41, 5.74) is 5.83. The van der Waals surface area contributed by atoms with Gasteiger partial charge in [-0.05, 0) is 30.8 Å². The summed E-state index contributed by atoms with van der Waals surface area (Å²) in [5.74, 6) is 1.65. The molecule has 1 saturated heterocycles. The molecule has 1 aromatic heterocycles. The van der Waals surface area contributed by atoms with Crippen LogP contribution in [0.15, 0.2) is 16.7 Å². The Morgan fingerprint density at radius 2 is 2.06 bits per heavy atom. The molecule has 92 valence electrons. The first-order valence-corrected chi connectivity index (χ1v) is 6.35.